The molecule has 0 amide bonds. The van der Waals surface area contributed by atoms with Crippen molar-refractivity contribution in [3.8, 4) is 0 Å². The Bertz CT molecular complexity index is 419. The molecule has 6 heteroatoms. The largest absolute Gasteiger partial charge is 0.464 e. The number of imidazole rings is 1. The first-order valence-electron chi connectivity index (χ1n) is 5.62. The lowest BCUT2D eigenvalue weighted by Gasteiger charge is -2.20. The quantitative estimate of drug-likeness (QED) is 0.833. The minimum atomic E-state index is -0.472. The van der Waals surface area contributed by atoms with E-state index in [1.165, 1.54) is 20.0 Å². The molecule has 5 nitrogen and oxygen atoms in total. The Morgan fingerprint density at radius 2 is 2.41 bits per heavy atom. The van der Waals surface area contributed by atoms with E-state index in [0.717, 1.165) is 6.42 Å². The maximum Gasteiger partial charge on any atom is 0.360 e. The molecule has 2 unspecified atom stereocenters. The van der Waals surface area contributed by atoms with Gasteiger partial charge in [0.1, 0.15) is 5.82 Å². The number of ether oxygens (including phenoxy) is 1. The standard InChI is InChI=1S/C11H17N3O2S/c1-16-11(15)9-10(12)14(6-13-9)7-4-3-5-8(7)17-2/h6-8H,3-5,12H2,1-2H3. The SMILES string of the molecule is COC(=O)c1ncn(C2CCCC2SC)c1N. The van der Waals surface area contributed by atoms with Crippen molar-refractivity contribution in [1.29, 1.82) is 0 Å². The minimum absolute atomic E-state index is 0.222. The Balaban J connectivity index is 2.27. The van der Waals surface area contributed by atoms with Gasteiger partial charge in [0.2, 0.25) is 0 Å². The third kappa shape index (κ3) is 2.13. The third-order valence-corrected chi connectivity index (χ3v) is 4.44. The Hall–Kier alpha value is -1.17. The van der Waals surface area contributed by atoms with Crippen LogP contribution in [0.5, 0.6) is 0 Å². The number of nitrogen functional groups attached to an aromatic ring is 1. The highest BCUT2D eigenvalue weighted by atomic mass is 32.2. The average Bonchev–Trinajstić information content (AvgIpc) is 2.93. The van der Waals surface area contributed by atoms with E-state index in [1.54, 1.807) is 6.33 Å². The summed E-state index contributed by atoms with van der Waals surface area (Å²) in [5, 5.41) is 0.553. The summed E-state index contributed by atoms with van der Waals surface area (Å²) in [5.74, 6) is -0.0530. The van der Waals surface area contributed by atoms with Crippen LogP contribution in [0.15, 0.2) is 6.33 Å². The average molecular weight is 255 g/mol. The third-order valence-electron chi connectivity index (χ3n) is 3.29. The topological polar surface area (TPSA) is 70.1 Å². The van der Waals surface area contributed by atoms with Crippen LogP contribution in [-0.4, -0.2) is 34.1 Å². The van der Waals surface area contributed by atoms with Gasteiger partial charge in [-0.15, -0.1) is 0 Å². The summed E-state index contributed by atoms with van der Waals surface area (Å²) in [5.41, 5.74) is 6.19. The van der Waals surface area contributed by atoms with Crippen LogP contribution < -0.4 is 5.73 Å². The van der Waals surface area contributed by atoms with Crippen LogP contribution >= 0.6 is 11.8 Å². The molecule has 2 atom stereocenters. The molecule has 1 aromatic heterocycles. The molecule has 1 aliphatic rings. The van der Waals surface area contributed by atoms with E-state index in [2.05, 4.69) is 16.0 Å². The molecule has 94 valence electrons. The molecule has 0 bridgehead atoms. The number of hydrogen-bond donors (Lipinski definition) is 1. The molecular formula is C11H17N3O2S. The van der Waals surface area contributed by atoms with Gasteiger partial charge in [-0.05, 0) is 19.1 Å². The molecule has 17 heavy (non-hydrogen) atoms. The highest BCUT2D eigenvalue weighted by molar-refractivity contribution is 7.99. The second kappa shape index (κ2) is 5.00. The molecular weight excluding hydrogens is 238 g/mol. The van der Waals surface area contributed by atoms with Gasteiger partial charge in [-0.2, -0.15) is 11.8 Å². The second-order valence-electron chi connectivity index (χ2n) is 4.15. The summed E-state index contributed by atoms with van der Waals surface area (Å²) >= 11 is 1.85. The van der Waals surface area contributed by atoms with Gasteiger partial charge in [0.25, 0.3) is 0 Å². The van der Waals surface area contributed by atoms with E-state index >= 15 is 0 Å². The van der Waals surface area contributed by atoms with Crippen molar-refractivity contribution in [3.63, 3.8) is 0 Å². The first-order valence-corrected chi connectivity index (χ1v) is 6.91. The summed E-state index contributed by atoms with van der Waals surface area (Å²) < 4.78 is 6.56. The number of thioether (sulfide) groups is 1. The second-order valence-corrected chi connectivity index (χ2v) is 5.23. The zero-order valence-electron chi connectivity index (χ0n) is 10.0. The number of carbonyl (C=O) groups excluding carboxylic acids is 1. The number of methoxy groups -OCH3 is 1. The number of esters is 1. The van der Waals surface area contributed by atoms with Gasteiger partial charge >= 0.3 is 5.97 Å². The van der Waals surface area contributed by atoms with Crippen molar-refractivity contribution < 1.29 is 9.53 Å². The minimum Gasteiger partial charge on any atom is -0.464 e. The van der Waals surface area contributed by atoms with Gasteiger partial charge in [-0.3, -0.25) is 0 Å². The fourth-order valence-corrected chi connectivity index (χ4v) is 3.37. The fraction of sp³-hybridized carbons (Fsp3) is 0.636. The van der Waals surface area contributed by atoms with Gasteiger partial charge in [-0.25, -0.2) is 9.78 Å². The van der Waals surface area contributed by atoms with Crippen LogP contribution in [0.2, 0.25) is 0 Å². The van der Waals surface area contributed by atoms with Gasteiger partial charge in [-0.1, -0.05) is 6.42 Å². The Morgan fingerprint density at radius 3 is 3.06 bits per heavy atom. The van der Waals surface area contributed by atoms with Crippen molar-refractivity contribution in [1.82, 2.24) is 9.55 Å². The highest BCUT2D eigenvalue weighted by Crippen LogP contribution is 2.38. The first-order chi connectivity index (χ1) is 8.19. The molecule has 2 N–H and O–H groups in total. The summed E-state index contributed by atoms with van der Waals surface area (Å²) in [6.45, 7) is 0. The highest BCUT2D eigenvalue weighted by Gasteiger charge is 2.30. The summed E-state index contributed by atoms with van der Waals surface area (Å²) in [6.07, 6.45) is 7.24. The Kier molecular flexibility index (Phi) is 3.61. The van der Waals surface area contributed by atoms with E-state index in [9.17, 15) is 4.79 Å². The molecule has 0 aliphatic heterocycles. The number of nitrogens with zero attached hydrogens (tertiary/aromatic N) is 2. The van der Waals surface area contributed by atoms with Crippen LogP contribution in [0.25, 0.3) is 0 Å². The fourth-order valence-electron chi connectivity index (χ4n) is 2.39. The molecule has 0 radical (unpaired) electrons. The van der Waals surface area contributed by atoms with E-state index in [1.807, 2.05) is 16.3 Å². The van der Waals surface area contributed by atoms with Gasteiger partial charge in [0, 0.05) is 11.3 Å². The maximum atomic E-state index is 11.4. The molecule has 1 heterocycles. The first kappa shape index (κ1) is 12.3. The number of aromatic nitrogens is 2. The number of anilines is 1. The van der Waals surface area contributed by atoms with Gasteiger partial charge in [0.15, 0.2) is 5.69 Å². The summed E-state index contributed by atoms with van der Waals surface area (Å²) in [4.78, 5) is 15.5. The number of nitrogens with two attached hydrogens (primary N) is 1. The van der Waals surface area contributed by atoms with Crippen LogP contribution in [0, 0.1) is 0 Å². The van der Waals surface area contributed by atoms with Crippen molar-refractivity contribution in [2.75, 3.05) is 19.1 Å². The molecule has 0 aromatic carbocycles. The smallest absolute Gasteiger partial charge is 0.360 e. The Morgan fingerprint density at radius 1 is 1.65 bits per heavy atom. The zero-order chi connectivity index (χ0) is 12.4. The van der Waals surface area contributed by atoms with Crippen LogP contribution in [0.1, 0.15) is 35.8 Å². The van der Waals surface area contributed by atoms with Crippen LogP contribution in [0.4, 0.5) is 5.82 Å². The van der Waals surface area contributed by atoms with Crippen molar-refractivity contribution in [3.05, 3.63) is 12.0 Å². The van der Waals surface area contributed by atoms with Gasteiger partial charge < -0.3 is 15.0 Å². The summed E-state index contributed by atoms with van der Waals surface area (Å²) in [6, 6.07) is 0.343. The van der Waals surface area contributed by atoms with E-state index in [4.69, 9.17) is 5.73 Å². The predicted molar refractivity (Wildman–Crippen MR) is 68.2 cm³/mol. The molecule has 0 saturated heterocycles. The van der Waals surface area contributed by atoms with Crippen LogP contribution in [0.3, 0.4) is 0 Å². The van der Waals surface area contributed by atoms with E-state index < -0.39 is 5.97 Å². The molecule has 2 rings (SSSR count). The summed E-state index contributed by atoms with van der Waals surface area (Å²) in [7, 11) is 1.33. The van der Waals surface area contributed by atoms with Crippen molar-refractivity contribution >= 4 is 23.5 Å². The molecule has 1 fully saturated rings. The normalized spacial score (nSPS) is 23.9. The van der Waals surface area contributed by atoms with E-state index in [-0.39, 0.29) is 5.69 Å². The molecule has 1 aromatic rings. The lowest BCUT2D eigenvalue weighted by molar-refractivity contribution is 0.0596. The van der Waals surface area contributed by atoms with Gasteiger partial charge in [0.05, 0.1) is 13.4 Å². The predicted octanol–water partition coefficient (Wildman–Crippen LogP) is 1.71. The monoisotopic (exact) mass is 255 g/mol. The molecule has 1 saturated carbocycles. The number of hydrogen-bond acceptors (Lipinski definition) is 5. The number of carbonyl (C=O) groups is 1. The van der Waals surface area contributed by atoms with Crippen LogP contribution in [-0.2, 0) is 4.74 Å². The zero-order valence-corrected chi connectivity index (χ0v) is 10.9. The number of rotatable bonds is 3. The Labute approximate surface area is 105 Å². The maximum absolute atomic E-state index is 11.4. The van der Waals surface area contributed by atoms with Crippen molar-refractivity contribution in [2.24, 2.45) is 0 Å². The molecule has 1 aliphatic carbocycles. The lowest BCUT2D eigenvalue weighted by atomic mass is 10.2. The van der Waals surface area contributed by atoms with Crippen molar-refractivity contribution in [2.45, 2.75) is 30.6 Å². The molecule has 0 spiro atoms. The van der Waals surface area contributed by atoms with E-state index in [0.29, 0.717) is 17.1 Å². The lowest BCUT2D eigenvalue weighted by Crippen LogP contribution is -2.17.